The molecule has 0 aromatic heterocycles. The van der Waals surface area contributed by atoms with E-state index in [1.807, 2.05) is 0 Å². The number of hydrogen-bond donors (Lipinski definition) is 0. The molecule has 27 heavy (non-hydrogen) atoms. The molecule has 0 spiro atoms. The molecule has 0 atom stereocenters. The lowest BCUT2D eigenvalue weighted by atomic mass is 9.92. The summed E-state index contributed by atoms with van der Waals surface area (Å²) in [4.78, 5) is 0. The van der Waals surface area contributed by atoms with Crippen LogP contribution in [0.15, 0.2) is 109 Å². The highest BCUT2D eigenvalue weighted by molar-refractivity contribution is 14.1. The minimum absolute atomic E-state index is 1.22. The van der Waals surface area contributed by atoms with Crippen LogP contribution in [0, 0.1) is 3.57 Å². The van der Waals surface area contributed by atoms with Gasteiger partial charge in [-0.2, -0.15) is 0 Å². The predicted octanol–water partition coefficient (Wildman–Crippen LogP) is 7.55. The average Bonchev–Trinajstić information content (AvgIpc) is 2.74. The van der Waals surface area contributed by atoms with Crippen molar-refractivity contribution in [2.45, 2.75) is 0 Å². The zero-order valence-electron chi connectivity index (χ0n) is 14.8. The molecule has 0 nitrogen and oxygen atoms in total. The van der Waals surface area contributed by atoms with Crippen molar-refractivity contribution in [3.05, 3.63) is 129 Å². The lowest BCUT2D eigenvalue weighted by Gasteiger charge is -2.12. The molecule has 4 aromatic rings. The molecule has 0 bridgehead atoms. The van der Waals surface area contributed by atoms with Crippen LogP contribution in [0.25, 0.3) is 22.8 Å². The number of benzene rings is 4. The molecule has 4 aromatic carbocycles. The maximum absolute atomic E-state index is 2.42. The highest BCUT2D eigenvalue weighted by atomic mass is 127. The second kappa shape index (κ2) is 8.36. The summed E-state index contributed by atoms with van der Waals surface area (Å²) in [5.74, 6) is 0. The van der Waals surface area contributed by atoms with E-state index in [9.17, 15) is 0 Å². The van der Waals surface area contributed by atoms with Crippen molar-refractivity contribution in [3.63, 3.8) is 0 Å². The third-order valence-electron chi connectivity index (χ3n) is 4.59. The summed E-state index contributed by atoms with van der Waals surface area (Å²) >= 11 is 2.42. The summed E-state index contributed by atoms with van der Waals surface area (Å²) in [5, 5.41) is 0. The molecule has 0 radical (unpaired) electrons. The van der Waals surface area contributed by atoms with Gasteiger partial charge < -0.3 is 0 Å². The molecular weight excluding hydrogens is 439 g/mol. The Morgan fingerprint density at radius 2 is 1.00 bits per heavy atom. The van der Waals surface area contributed by atoms with Gasteiger partial charge in [0.1, 0.15) is 0 Å². The number of halogens is 1. The van der Waals surface area contributed by atoms with Crippen molar-refractivity contribution in [1.29, 1.82) is 0 Å². The first-order valence-electron chi connectivity index (χ1n) is 8.99. The van der Waals surface area contributed by atoms with Crippen LogP contribution in [0.2, 0.25) is 0 Å². The molecule has 0 fully saturated rings. The molecule has 0 aliphatic heterocycles. The smallest absolute Gasteiger partial charge is 0.0209 e. The molecule has 0 heterocycles. The van der Waals surface area contributed by atoms with Crippen molar-refractivity contribution >= 4 is 34.2 Å². The first-order valence-corrected chi connectivity index (χ1v) is 10.1. The maximum Gasteiger partial charge on any atom is 0.0209 e. The van der Waals surface area contributed by atoms with Gasteiger partial charge in [-0.1, -0.05) is 103 Å². The predicted molar refractivity (Wildman–Crippen MR) is 124 cm³/mol. The number of rotatable bonds is 4. The molecule has 0 amide bonds. The second-order valence-corrected chi connectivity index (χ2v) is 7.52. The van der Waals surface area contributed by atoms with Crippen molar-refractivity contribution < 1.29 is 0 Å². The molecule has 0 aliphatic carbocycles. The quantitative estimate of drug-likeness (QED) is 0.219. The minimum atomic E-state index is 1.22. The third kappa shape index (κ3) is 4.04. The van der Waals surface area contributed by atoms with E-state index < -0.39 is 0 Å². The molecule has 0 aliphatic rings. The van der Waals surface area contributed by atoms with Gasteiger partial charge in [-0.15, -0.1) is 0 Å². The van der Waals surface area contributed by atoms with Gasteiger partial charge in [-0.3, -0.25) is 0 Å². The molecule has 0 saturated heterocycles. The average molecular weight is 458 g/mol. The summed E-state index contributed by atoms with van der Waals surface area (Å²) in [6.45, 7) is 0. The first-order chi connectivity index (χ1) is 13.3. The standard InChI is InChI=1S/C26H19I/c27-26-18-10-9-17-24(26)23-16-8-7-15-22(23)19-25(20-11-3-1-4-12-20)21-13-5-2-6-14-21/h1-19H. The van der Waals surface area contributed by atoms with Crippen LogP contribution in [0.1, 0.15) is 16.7 Å². The zero-order chi connectivity index (χ0) is 18.5. The van der Waals surface area contributed by atoms with E-state index in [1.165, 1.54) is 37.0 Å². The second-order valence-electron chi connectivity index (χ2n) is 6.36. The van der Waals surface area contributed by atoms with Crippen LogP contribution in [0.3, 0.4) is 0 Å². The lowest BCUT2D eigenvalue weighted by molar-refractivity contribution is 1.54. The van der Waals surface area contributed by atoms with Gasteiger partial charge in [0.25, 0.3) is 0 Å². The Bertz CT molecular complexity index is 1020. The van der Waals surface area contributed by atoms with E-state index in [2.05, 4.69) is 138 Å². The summed E-state index contributed by atoms with van der Waals surface area (Å²) in [5.41, 5.74) is 7.43. The van der Waals surface area contributed by atoms with Crippen LogP contribution in [-0.4, -0.2) is 0 Å². The SMILES string of the molecule is Ic1ccccc1-c1ccccc1C=C(c1ccccc1)c1ccccc1. The summed E-state index contributed by atoms with van der Waals surface area (Å²) in [6.07, 6.45) is 2.31. The Kier molecular flexibility index (Phi) is 5.50. The maximum atomic E-state index is 2.42. The first kappa shape index (κ1) is 17.7. The molecule has 0 saturated carbocycles. The topological polar surface area (TPSA) is 0 Å². The highest BCUT2D eigenvalue weighted by Crippen LogP contribution is 2.32. The molecule has 0 N–H and O–H groups in total. The summed E-state index contributed by atoms with van der Waals surface area (Å²) in [7, 11) is 0. The van der Waals surface area contributed by atoms with Gasteiger partial charge in [0.05, 0.1) is 0 Å². The van der Waals surface area contributed by atoms with E-state index in [4.69, 9.17) is 0 Å². The van der Waals surface area contributed by atoms with Crippen LogP contribution < -0.4 is 0 Å². The van der Waals surface area contributed by atoms with Gasteiger partial charge in [-0.05, 0) is 68.1 Å². The van der Waals surface area contributed by atoms with Crippen LogP contribution >= 0.6 is 22.6 Å². The minimum Gasteiger partial charge on any atom is -0.0622 e. The van der Waals surface area contributed by atoms with Gasteiger partial charge >= 0.3 is 0 Å². The Hall–Kier alpha value is -2.65. The van der Waals surface area contributed by atoms with E-state index in [0.717, 1.165) is 0 Å². The van der Waals surface area contributed by atoms with Crippen LogP contribution in [0.4, 0.5) is 0 Å². The van der Waals surface area contributed by atoms with E-state index in [-0.39, 0.29) is 0 Å². The molecule has 130 valence electrons. The Morgan fingerprint density at radius 1 is 0.519 bits per heavy atom. The van der Waals surface area contributed by atoms with Crippen molar-refractivity contribution in [1.82, 2.24) is 0 Å². The van der Waals surface area contributed by atoms with Gasteiger partial charge in [0.2, 0.25) is 0 Å². The fourth-order valence-electron chi connectivity index (χ4n) is 3.27. The third-order valence-corrected chi connectivity index (χ3v) is 5.53. The summed E-state index contributed by atoms with van der Waals surface area (Å²) < 4.78 is 1.26. The highest BCUT2D eigenvalue weighted by Gasteiger charge is 2.09. The molecule has 0 unspecified atom stereocenters. The van der Waals surface area contributed by atoms with Crippen LogP contribution in [-0.2, 0) is 0 Å². The molecule has 1 heteroatoms. The Balaban J connectivity index is 1.91. The fourth-order valence-corrected chi connectivity index (χ4v) is 3.95. The Morgan fingerprint density at radius 3 is 1.59 bits per heavy atom. The van der Waals surface area contributed by atoms with Gasteiger partial charge in [0, 0.05) is 3.57 Å². The normalized spacial score (nSPS) is 10.4. The van der Waals surface area contributed by atoms with E-state index in [0.29, 0.717) is 0 Å². The fraction of sp³-hybridized carbons (Fsp3) is 0. The summed E-state index contributed by atoms with van der Waals surface area (Å²) in [6, 6.07) is 38.4. The van der Waals surface area contributed by atoms with Gasteiger partial charge in [-0.25, -0.2) is 0 Å². The van der Waals surface area contributed by atoms with Crippen molar-refractivity contribution in [2.24, 2.45) is 0 Å². The lowest BCUT2D eigenvalue weighted by Crippen LogP contribution is -1.90. The molecular formula is C26H19I. The van der Waals surface area contributed by atoms with Crippen LogP contribution in [0.5, 0.6) is 0 Å². The van der Waals surface area contributed by atoms with Gasteiger partial charge in [0.15, 0.2) is 0 Å². The largest absolute Gasteiger partial charge is 0.0622 e. The molecule has 4 rings (SSSR count). The van der Waals surface area contributed by atoms with Crippen molar-refractivity contribution in [2.75, 3.05) is 0 Å². The van der Waals surface area contributed by atoms with E-state index in [1.54, 1.807) is 0 Å². The zero-order valence-corrected chi connectivity index (χ0v) is 17.0. The van der Waals surface area contributed by atoms with Crippen molar-refractivity contribution in [3.8, 4) is 11.1 Å². The number of hydrogen-bond acceptors (Lipinski definition) is 0. The van der Waals surface area contributed by atoms with E-state index >= 15 is 0 Å². The Labute approximate surface area is 174 Å². The monoisotopic (exact) mass is 458 g/mol.